The summed E-state index contributed by atoms with van der Waals surface area (Å²) in [4.78, 5) is 30.9. The zero-order chi connectivity index (χ0) is 19.4. The molecule has 0 unspecified atom stereocenters. The summed E-state index contributed by atoms with van der Waals surface area (Å²) in [5.74, 6) is 0.00955. The van der Waals surface area contributed by atoms with Gasteiger partial charge in [0.2, 0.25) is 0 Å². The maximum absolute atomic E-state index is 12.8. The topological polar surface area (TPSA) is 43.9 Å². The summed E-state index contributed by atoms with van der Waals surface area (Å²) in [6.07, 6.45) is 0. The van der Waals surface area contributed by atoms with E-state index in [1.807, 2.05) is 72.3 Å². The van der Waals surface area contributed by atoms with E-state index in [1.165, 1.54) is 0 Å². The minimum atomic E-state index is 0.00249. The van der Waals surface area contributed by atoms with Crippen molar-refractivity contribution in [2.45, 2.75) is 13.5 Å². The van der Waals surface area contributed by atoms with Crippen LogP contribution in [0.4, 0.5) is 4.79 Å². The average Bonchev–Trinajstić information content (AvgIpc) is 2.69. The number of benzene rings is 2. The third-order valence-electron chi connectivity index (χ3n) is 4.78. The predicted molar refractivity (Wildman–Crippen MR) is 110 cm³/mol. The first-order chi connectivity index (χ1) is 13.0. The van der Waals surface area contributed by atoms with Crippen LogP contribution in [0.5, 0.6) is 0 Å². The molecule has 0 atom stereocenters. The highest BCUT2D eigenvalue weighted by Crippen LogP contribution is 2.21. The van der Waals surface area contributed by atoms with Gasteiger partial charge in [0.05, 0.1) is 5.56 Å². The molecular weight excluding hydrogens is 406 g/mol. The molecule has 3 rings (SSSR count). The molecule has 1 heterocycles. The molecular formula is C21H24BrN3O2. The molecule has 0 saturated carbocycles. The summed E-state index contributed by atoms with van der Waals surface area (Å²) in [6, 6.07) is 15.7. The Hall–Kier alpha value is -2.34. The second-order valence-electron chi connectivity index (χ2n) is 6.89. The summed E-state index contributed by atoms with van der Waals surface area (Å²) in [6.45, 7) is 4.74. The molecule has 0 N–H and O–H groups in total. The second kappa shape index (κ2) is 8.57. The van der Waals surface area contributed by atoms with E-state index < -0.39 is 0 Å². The Morgan fingerprint density at radius 2 is 1.63 bits per heavy atom. The fraction of sp³-hybridized carbons (Fsp3) is 0.333. The highest BCUT2D eigenvalue weighted by molar-refractivity contribution is 9.10. The molecule has 0 bridgehead atoms. The van der Waals surface area contributed by atoms with Gasteiger partial charge >= 0.3 is 6.03 Å². The summed E-state index contributed by atoms with van der Waals surface area (Å²) >= 11 is 3.46. The SMILES string of the molecule is Cc1ccc(Br)c(C(=O)N2CCN(C(=O)N(C)Cc3ccccc3)CC2)c1. The van der Waals surface area contributed by atoms with Crippen molar-refractivity contribution in [1.29, 1.82) is 0 Å². The highest BCUT2D eigenvalue weighted by Gasteiger charge is 2.27. The van der Waals surface area contributed by atoms with Gasteiger partial charge in [-0.05, 0) is 40.5 Å². The summed E-state index contributed by atoms with van der Waals surface area (Å²) < 4.78 is 0.805. The molecule has 0 aromatic heterocycles. The summed E-state index contributed by atoms with van der Waals surface area (Å²) in [5.41, 5.74) is 2.83. The number of piperazine rings is 1. The molecule has 0 radical (unpaired) electrons. The molecule has 5 nitrogen and oxygen atoms in total. The highest BCUT2D eigenvalue weighted by atomic mass is 79.9. The Balaban J connectivity index is 1.57. The average molecular weight is 430 g/mol. The van der Waals surface area contributed by atoms with E-state index in [-0.39, 0.29) is 11.9 Å². The molecule has 1 fully saturated rings. The Morgan fingerprint density at radius 1 is 1.00 bits per heavy atom. The Bertz CT molecular complexity index is 817. The smallest absolute Gasteiger partial charge is 0.320 e. The van der Waals surface area contributed by atoms with Crippen molar-refractivity contribution in [2.75, 3.05) is 33.2 Å². The Kier molecular flexibility index (Phi) is 6.16. The number of halogens is 1. The lowest BCUT2D eigenvalue weighted by atomic mass is 10.1. The van der Waals surface area contributed by atoms with Crippen molar-refractivity contribution in [2.24, 2.45) is 0 Å². The van der Waals surface area contributed by atoms with Crippen LogP contribution >= 0.6 is 15.9 Å². The molecule has 2 aromatic rings. The van der Waals surface area contributed by atoms with Gasteiger partial charge in [0.15, 0.2) is 0 Å². The number of nitrogens with zero attached hydrogens (tertiary/aromatic N) is 3. The fourth-order valence-electron chi connectivity index (χ4n) is 3.24. The first-order valence-corrected chi connectivity index (χ1v) is 9.84. The standard InChI is InChI=1S/C21H24BrN3O2/c1-16-8-9-19(22)18(14-16)20(26)24-10-12-25(13-11-24)21(27)23(2)15-17-6-4-3-5-7-17/h3-9,14H,10-13,15H2,1-2H3. The molecule has 3 amide bonds. The van der Waals surface area contributed by atoms with Crippen molar-refractivity contribution in [3.8, 4) is 0 Å². The van der Waals surface area contributed by atoms with E-state index in [0.29, 0.717) is 38.3 Å². The number of hydrogen-bond donors (Lipinski definition) is 0. The van der Waals surface area contributed by atoms with Gasteiger partial charge in [-0.15, -0.1) is 0 Å². The van der Waals surface area contributed by atoms with Gasteiger partial charge in [-0.25, -0.2) is 4.79 Å². The number of aryl methyl sites for hydroxylation is 1. The van der Waals surface area contributed by atoms with Crippen LogP contribution in [-0.2, 0) is 6.54 Å². The Morgan fingerprint density at radius 3 is 2.30 bits per heavy atom. The lowest BCUT2D eigenvalue weighted by molar-refractivity contribution is 0.0643. The largest absolute Gasteiger partial charge is 0.335 e. The zero-order valence-electron chi connectivity index (χ0n) is 15.7. The van der Waals surface area contributed by atoms with Crippen LogP contribution in [0.25, 0.3) is 0 Å². The van der Waals surface area contributed by atoms with E-state index in [4.69, 9.17) is 0 Å². The molecule has 6 heteroatoms. The van der Waals surface area contributed by atoms with Crippen molar-refractivity contribution >= 4 is 27.9 Å². The van der Waals surface area contributed by atoms with Crippen LogP contribution in [0.15, 0.2) is 53.0 Å². The predicted octanol–water partition coefficient (Wildman–Crippen LogP) is 3.77. The van der Waals surface area contributed by atoms with Crippen LogP contribution in [0.1, 0.15) is 21.5 Å². The number of carbonyl (C=O) groups is 2. The third kappa shape index (κ3) is 4.69. The van der Waals surface area contributed by atoms with Crippen molar-refractivity contribution in [3.63, 3.8) is 0 Å². The molecule has 0 aliphatic carbocycles. The van der Waals surface area contributed by atoms with E-state index in [9.17, 15) is 9.59 Å². The van der Waals surface area contributed by atoms with Gasteiger partial charge in [-0.2, -0.15) is 0 Å². The first-order valence-electron chi connectivity index (χ1n) is 9.05. The molecule has 1 aliphatic heterocycles. The number of carbonyl (C=O) groups excluding carboxylic acids is 2. The molecule has 1 saturated heterocycles. The van der Waals surface area contributed by atoms with Crippen molar-refractivity contribution in [3.05, 3.63) is 69.7 Å². The van der Waals surface area contributed by atoms with Gasteiger partial charge in [0, 0.05) is 44.2 Å². The summed E-state index contributed by atoms with van der Waals surface area (Å²) in [7, 11) is 1.82. The third-order valence-corrected chi connectivity index (χ3v) is 5.47. The summed E-state index contributed by atoms with van der Waals surface area (Å²) in [5, 5.41) is 0. The lowest BCUT2D eigenvalue weighted by Gasteiger charge is -2.36. The van der Waals surface area contributed by atoms with E-state index in [1.54, 1.807) is 4.90 Å². The van der Waals surface area contributed by atoms with Crippen LogP contribution in [-0.4, -0.2) is 59.9 Å². The van der Waals surface area contributed by atoms with Crippen LogP contribution in [0, 0.1) is 6.92 Å². The van der Waals surface area contributed by atoms with Gasteiger partial charge in [0.1, 0.15) is 0 Å². The molecule has 1 aliphatic rings. The second-order valence-corrected chi connectivity index (χ2v) is 7.74. The quantitative estimate of drug-likeness (QED) is 0.744. The van der Waals surface area contributed by atoms with E-state index in [2.05, 4.69) is 15.9 Å². The van der Waals surface area contributed by atoms with E-state index in [0.717, 1.165) is 15.6 Å². The molecule has 0 spiro atoms. The first kappa shape index (κ1) is 19.4. The molecule has 142 valence electrons. The van der Waals surface area contributed by atoms with Crippen LogP contribution in [0.3, 0.4) is 0 Å². The maximum Gasteiger partial charge on any atom is 0.320 e. The van der Waals surface area contributed by atoms with Crippen LogP contribution in [0.2, 0.25) is 0 Å². The minimum Gasteiger partial charge on any atom is -0.335 e. The number of urea groups is 1. The van der Waals surface area contributed by atoms with Gasteiger partial charge < -0.3 is 14.7 Å². The van der Waals surface area contributed by atoms with Crippen molar-refractivity contribution < 1.29 is 9.59 Å². The number of amides is 3. The Labute approximate surface area is 168 Å². The van der Waals surface area contributed by atoms with Gasteiger partial charge in [-0.1, -0.05) is 42.0 Å². The minimum absolute atomic E-state index is 0.00249. The number of rotatable bonds is 3. The van der Waals surface area contributed by atoms with E-state index >= 15 is 0 Å². The maximum atomic E-state index is 12.8. The van der Waals surface area contributed by atoms with Gasteiger partial charge in [0.25, 0.3) is 5.91 Å². The normalized spacial score (nSPS) is 14.2. The fourth-order valence-corrected chi connectivity index (χ4v) is 3.66. The molecule has 2 aromatic carbocycles. The number of hydrogen-bond acceptors (Lipinski definition) is 2. The van der Waals surface area contributed by atoms with Crippen molar-refractivity contribution in [1.82, 2.24) is 14.7 Å². The zero-order valence-corrected chi connectivity index (χ0v) is 17.3. The van der Waals surface area contributed by atoms with Gasteiger partial charge in [-0.3, -0.25) is 4.79 Å². The lowest BCUT2D eigenvalue weighted by Crippen LogP contribution is -2.53. The molecule has 27 heavy (non-hydrogen) atoms. The monoisotopic (exact) mass is 429 g/mol. The van der Waals surface area contributed by atoms with Crippen LogP contribution < -0.4 is 0 Å².